The van der Waals surface area contributed by atoms with Crippen molar-refractivity contribution in [1.29, 1.82) is 0 Å². The summed E-state index contributed by atoms with van der Waals surface area (Å²) in [5, 5.41) is 9.22. The largest absolute Gasteiger partial charge is 0.383 e. The second-order valence-corrected chi connectivity index (χ2v) is 3.95. The molecule has 0 aliphatic rings. The number of aromatic nitrogens is 2. The first-order valence-corrected chi connectivity index (χ1v) is 5.08. The molecule has 0 aliphatic carbocycles. The van der Waals surface area contributed by atoms with E-state index in [-0.39, 0.29) is 23.9 Å². The Labute approximate surface area is 101 Å². The summed E-state index contributed by atoms with van der Waals surface area (Å²) in [4.78, 5) is 0. The first kappa shape index (κ1) is 13.6. The van der Waals surface area contributed by atoms with Gasteiger partial charge in [0.05, 0.1) is 30.1 Å². The fourth-order valence-electron chi connectivity index (χ4n) is 1.15. The second-order valence-electron chi connectivity index (χ2n) is 3.04. The average molecular weight is 275 g/mol. The molecule has 1 unspecified atom stereocenters. The fourth-order valence-corrected chi connectivity index (χ4v) is 1.50. The van der Waals surface area contributed by atoms with Gasteiger partial charge < -0.3 is 9.84 Å². The molecule has 1 aromatic rings. The van der Waals surface area contributed by atoms with Crippen molar-refractivity contribution in [2.75, 3.05) is 13.7 Å². The minimum atomic E-state index is -3.80. The number of aliphatic hydroxyl groups excluding tert-OH is 1. The van der Waals surface area contributed by atoms with Gasteiger partial charge in [0.1, 0.15) is 0 Å². The number of rotatable bonds is 5. The van der Waals surface area contributed by atoms with Crippen molar-refractivity contribution in [2.24, 2.45) is 0 Å². The lowest BCUT2D eigenvalue weighted by atomic mass is 10.2. The normalized spacial score (nSPS) is 14.1. The summed E-state index contributed by atoms with van der Waals surface area (Å²) in [6, 6.07) is 0. The van der Waals surface area contributed by atoms with Crippen LogP contribution in [0, 0.1) is 0 Å². The molecule has 0 bridgehead atoms. The highest BCUT2D eigenvalue weighted by Crippen LogP contribution is 2.37. The monoisotopic (exact) mass is 274 g/mol. The third kappa shape index (κ3) is 3.04. The second kappa shape index (κ2) is 5.27. The third-order valence-electron chi connectivity index (χ3n) is 1.91. The van der Waals surface area contributed by atoms with Gasteiger partial charge in [0, 0.05) is 7.11 Å². The average Bonchev–Trinajstić information content (AvgIpc) is 2.54. The molecule has 0 radical (unpaired) electrons. The summed E-state index contributed by atoms with van der Waals surface area (Å²) in [7, 11) is 1.46. The van der Waals surface area contributed by atoms with E-state index in [9.17, 15) is 13.9 Å². The number of nitrogens with zero attached hydrogens (tertiary/aromatic N) is 2. The van der Waals surface area contributed by atoms with Gasteiger partial charge in [-0.05, 0) is 11.6 Å². The maximum atomic E-state index is 12.7. The first-order chi connectivity index (χ1) is 7.38. The lowest BCUT2D eigenvalue weighted by molar-refractivity contribution is -0.0471. The van der Waals surface area contributed by atoms with E-state index in [4.69, 9.17) is 27.9 Å². The molecule has 4 nitrogen and oxygen atoms in total. The predicted octanol–water partition coefficient (Wildman–Crippen LogP) is 2.05. The number of halogens is 4. The Hall–Kier alpha value is -0.430. The van der Waals surface area contributed by atoms with Crippen molar-refractivity contribution >= 4 is 23.2 Å². The zero-order valence-corrected chi connectivity index (χ0v) is 9.84. The molecule has 1 atom stereocenters. The number of hydrogen-bond donors (Lipinski definition) is 1. The van der Waals surface area contributed by atoms with Crippen LogP contribution in [0.3, 0.4) is 0 Å². The summed E-state index contributed by atoms with van der Waals surface area (Å²) in [6.07, 6.45) is -1.04. The van der Waals surface area contributed by atoms with Crippen LogP contribution in [-0.2, 0) is 11.3 Å². The molecule has 0 saturated heterocycles. The minimum Gasteiger partial charge on any atom is -0.383 e. The van der Waals surface area contributed by atoms with Crippen molar-refractivity contribution in [2.45, 2.75) is 18.0 Å². The van der Waals surface area contributed by atoms with Crippen LogP contribution in [0.4, 0.5) is 8.78 Å². The van der Waals surface area contributed by atoms with Crippen LogP contribution in [0.1, 0.15) is 11.8 Å². The molecule has 0 aromatic carbocycles. The smallest absolute Gasteiger partial charge is 0.352 e. The van der Waals surface area contributed by atoms with Crippen molar-refractivity contribution in [3.63, 3.8) is 0 Å². The lowest BCUT2D eigenvalue weighted by Crippen LogP contribution is -2.23. The van der Waals surface area contributed by atoms with Gasteiger partial charge in [-0.1, -0.05) is 11.6 Å². The van der Waals surface area contributed by atoms with Gasteiger partial charge in [0.15, 0.2) is 6.10 Å². The van der Waals surface area contributed by atoms with Crippen LogP contribution in [-0.4, -0.2) is 34.0 Å². The van der Waals surface area contributed by atoms with Crippen LogP contribution >= 0.6 is 23.2 Å². The first-order valence-electron chi connectivity index (χ1n) is 4.33. The van der Waals surface area contributed by atoms with E-state index >= 15 is 0 Å². The number of ether oxygens (including phenoxy) is 1. The third-order valence-corrected chi connectivity index (χ3v) is 2.41. The Morgan fingerprint density at radius 2 is 2.31 bits per heavy atom. The molecule has 0 amide bonds. The molecule has 0 spiro atoms. The van der Waals surface area contributed by atoms with Crippen molar-refractivity contribution < 1.29 is 18.6 Å². The standard InChI is InChI=1S/C8H10Cl2F2N2O2/c1-16-3-2-14-6(5(9)4-13-14)7(15)8(10,11)12/h4,7,15H,2-3H2,1H3. The molecule has 1 aromatic heterocycles. The summed E-state index contributed by atoms with van der Waals surface area (Å²) in [5.41, 5.74) is -0.223. The molecule has 8 heteroatoms. The van der Waals surface area contributed by atoms with Gasteiger partial charge in [0.25, 0.3) is 0 Å². The van der Waals surface area contributed by atoms with E-state index in [0.717, 1.165) is 4.68 Å². The van der Waals surface area contributed by atoms with Crippen molar-refractivity contribution in [3.8, 4) is 0 Å². The molecular weight excluding hydrogens is 265 g/mol. The maximum Gasteiger partial charge on any atom is 0.352 e. The van der Waals surface area contributed by atoms with Gasteiger partial charge in [-0.2, -0.15) is 13.9 Å². The molecular formula is C8H10Cl2F2N2O2. The molecule has 0 saturated carbocycles. The number of methoxy groups -OCH3 is 1. The Kier molecular flexibility index (Phi) is 4.49. The highest BCUT2D eigenvalue weighted by atomic mass is 35.5. The summed E-state index contributed by atoms with van der Waals surface area (Å²) < 4.78 is 31.4. The van der Waals surface area contributed by atoms with Gasteiger partial charge in [-0.3, -0.25) is 4.68 Å². The minimum absolute atomic E-state index is 0.0658. The topological polar surface area (TPSA) is 47.3 Å². The predicted molar refractivity (Wildman–Crippen MR) is 54.9 cm³/mol. The Morgan fingerprint density at radius 3 is 2.81 bits per heavy atom. The summed E-state index contributed by atoms with van der Waals surface area (Å²) >= 11 is 10.4. The quantitative estimate of drug-likeness (QED) is 0.836. The van der Waals surface area contributed by atoms with Gasteiger partial charge in [-0.25, -0.2) is 0 Å². The van der Waals surface area contributed by atoms with Crippen LogP contribution in [0.15, 0.2) is 6.20 Å². The number of hydrogen-bond acceptors (Lipinski definition) is 3. The molecule has 92 valence electrons. The van der Waals surface area contributed by atoms with E-state index in [2.05, 4.69) is 5.10 Å². The molecule has 1 N–H and O–H groups in total. The van der Waals surface area contributed by atoms with E-state index in [0.29, 0.717) is 0 Å². The highest BCUT2D eigenvalue weighted by Gasteiger charge is 2.40. The molecule has 0 aliphatic heterocycles. The van der Waals surface area contributed by atoms with Crippen molar-refractivity contribution in [3.05, 3.63) is 16.9 Å². The summed E-state index contributed by atoms with van der Waals surface area (Å²) in [5.74, 6) is 0. The van der Waals surface area contributed by atoms with E-state index < -0.39 is 11.5 Å². The number of alkyl halides is 3. The van der Waals surface area contributed by atoms with Crippen LogP contribution < -0.4 is 0 Å². The van der Waals surface area contributed by atoms with Crippen LogP contribution in [0.5, 0.6) is 0 Å². The zero-order valence-electron chi connectivity index (χ0n) is 8.33. The van der Waals surface area contributed by atoms with E-state index in [1.54, 1.807) is 0 Å². The van der Waals surface area contributed by atoms with Crippen LogP contribution in [0.25, 0.3) is 0 Å². The lowest BCUT2D eigenvalue weighted by Gasteiger charge is -2.17. The number of aliphatic hydroxyl groups is 1. The van der Waals surface area contributed by atoms with E-state index in [1.165, 1.54) is 13.3 Å². The molecule has 0 fully saturated rings. The molecule has 16 heavy (non-hydrogen) atoms. The summed E-state index contributed by atoms with van der Waals surface area (Å²) in [6.45, 7) is 0.453. The Bertz CT molecular complexity index is 354. The fraction of sp³-hybridized carbons (Fsp3) is 0.625. The molecule has 1 rings (SSSR count). The van der Waals surface area contributed by atoms with Crippen LogP contribution in [0.2, 0.25) is 5.02 Å². The zero-order chi connectivity index (χ0) is 12.3. The Morgan fingerprint density at radius 1 is 1.69 bits per heavy atom. The maximum absolute atomic E-state index is 12.7. The van der Waals surface area contributed by atoms with Gasteiger partial charge >= 0.3 is 5.38 Å². The van der Waals surface area contributed by atoms with Gasteiger partial charge in [0.2, 0.25) is 0 Å². The SMILES string of the molecule is COCCn1ncc(Cl)c1C(O)C(F)(F)Cl. The van der Waals surface area contributed by atoms with E-state index in [1.807, 2.05) is 0 Å². The molecule has 1 heterocycles. The highest BCUT2D eigenvalue weighted by molar-refractivity contribution is 6.31. The Balaban J connectivity index is 2.97. The van der Waals surface area contributed by atoms with Crippen molar-refractivity contribution in [1.82, 2.24) is 9.78 Å². The van der Waals surface area contributed by atoms with Gasteiger partial charge in [-0.15, -0.1) is 0 Å².